The van der Waals surface area contributed by atoms with E-state index in [0.717, 1.165) is 6.42 Å². The van der Waals surface area contributed by atoms with Gasteiger partial charge in [0.15, 0.2) is 0 Å². The number of hydrogen-bond donors (Lipinski definition) is 0. The summed E-state index contributed by atoms with van der Waals surface area (Å²) in [4.78, 5) is 0. The average Bonchev–Trinajstić information content (AvgIpc) is 3.22. The van der Waals surface area contributed by atoms with Gasteiger partial charge in [-0.3, -0.25) is 0 Å². The highest BCUT2D eigenvalue weighted by molar-refractivity contribution is 6.16. The van der Waals surface area contributed by atoms with Crippen LogP contribution in [0.1, 0.15) is 17.5 Å². The molecule has 0 atom stereocenters. The summed E-state index contributed by atoms with van der Waals surface area (Å²) in [6.45, 7) is 0. The van der Waals surface area contributed by atoms with Gasteiger partial charge >= 0.3 is 0 Å². The largest absolute Gasteiger partial charge is 0.0801 e. The van der Waals surface area contributed by atoms with E-state index in [-0.39, 0.29) is 0 Å². The van der Waals surface area contributed by atoms with Crippen molar-refractivity contribution in [2.45, 2.75) is 6.42 Å². The Balaban J connectivity index is 1.62. The first-order valence-corrected chi connectivity index (χ1v) is 12.9. The van der Waals surface area contributed by atoms with Crippen LogP contribution < -0.4 is 0 Å². The first kappa shape index (κ1) is 21.6. The highest BCUT2D eigenvalue weighted by Gasteiger charge is 2.21. The summed E-state index contributed by atoms with van der Waals surface area (Å²) >= 11 is 0. The van der Waals surface area contributed by atoms with Crippen LogP contribution in [0.25, 0.3) is 67.1 Å². The number of rotatable bonds is 3. The van der Waals surface area contributed by atoms with E-state index in [0.29, 0.717) is 0 Å². The first-order valence-electron chi connectivity index (χ1n) is 12.9. The zero-order chi connectivity index (χ0) is 24.6. The molecule has 0 saturated heterocycles. The molecular formula is C37H26. The fourth-order valence-corrected chi connectivity index (χ4v) is 5.87. The van der Waals surface area contributed by atoms with Crippen LogP contribution in [0.4, 0.5) is 0 Å². The van der Waals surface area contributed by atoms with Gasteiger partial charge in [0.05, 0.1) is 0 Å². The molecule has 1 aliphatic carbocycles. The van der Waals surface area contributed by atoms with Crippen LogP contribution in [0.5, 0.6) is 0 Å². The zero-order valence-corrected chi connectivity index (χ0v) is 20.6. The van der Waals surface area contributed by atoms with E-state index in [9.17, 15) is 0 Å². The Labute approximate surface area is 217 Å². The summed E-state index contributed by atoms with van der Waals surface area (Å²) in [7, 11) is 0. The Morgan fingerprint density at radius 3 is 1.46 bits per heavy atom. The summed E-state index contributed by atoms with van der Waals surface area (Å²) in [6, 6.07) is 43.9. The third-order valence-corrected chi connectivity index (χ3v) is 7.48. The van der Waals surface area contributed by atoms with Crippen molar-refractivity contribution < 1.29 is 0 Å². The molecule has 7 rings (SSSR count). The summed E-state index contributed by atoms with van der Waals surface area (Å²) in [5.41, 5.74) is 10.3. The third kappa shape index (κ3) is 3.61. The van der Waals surface area contributed by atoms with E-state index < -0.39 is 0 Å². The maximum absolute atomic E-state index is 2.34. The fraction of sp³-hybridized carbons (Fsp3) is 0.0270. The molecule has 6 aromatic rings. The normalized spacial score (nSPS) is 12.5. The number of hydrogen-bond acceptors (Lipinski definition) is 0. The Hall–Kier alpha value is -4.68. The molecule has 37 heavy (non-hydrogen) atoms. The van der Waals surface area contributed by atoms with Crippen molar-refractivity contribution in [3.05, 3.63) is 145 Å². The number of fused-ring (bicyclic) bond motifs is 3. The first-order chi connectivity index (χ1) is 18.4. The Morgan fingerprint density at radius 1 is 0.351 bits per heavy atom. The molecule has 0 nitrogen and oxygen atoms in total. The molecule has 0 heterocycles. The molecule has 0 heteroatoms. The minimum Gasteiger partial charge on any atom is -0.0801 e. The Kier molecular flexibility index (Phi) is 5.30. The molecule has 0 N–H and O–H groups in total. The van der Waals surface area contributed by atoms with Gasteiger partial charge < -0.3 is 0 Å². The molecule has 0 spiro atoms. The van der Waals surface area contributed by atoms with E-state index in [1.54, 1.807) is 0 Å². The summed E-state index contributed by atoms with van der Waals surface area (Å²) in [6.07, 6.45) is 10.2. The lowest BCUT2D eigenvalue weighted by Crippen LogP contribution is -1.97. The van der Waals surface area contributed by atoms with Crippen molar-refractivity contribution in [3.8, 4) is 33.4 Å². The molecule has 1 aliphatic rings. The standard InChI is InChI=1S/C37H26/c1-4-14-26(15-5-1)28-24-25-35(30-19-11-10-18-29(28)30)37-33-21-9-3-8-20-31(33)36(27-16-6-2-7-17-27)32-22-12-13-23-34(32)37/h1-2,4-25H,3H2. The lowest BCUT2D eigenvalue weighted by Gasteiger charge is -2.21. The molecule has 0 aliphatic heterocycles. The highest BCUT2D eigenvalue weighted by atomic mass is 14.2. The second-order valence-electron chi connectivity index (χ2n) is 9.60. The minimum absolute atomic E-state index is 0.937. The molecule has 174 valence electrons. The summed E-state index contributed by atoms with van der Waals surface area (Å²) in [5.74, 6) is 0. The fourth-order valence-electron chi connectivity index (χ4n) is 5.87. The van der Waals surface area contributed by atoms with Gasteiger partial charge in [0.2, 0.25) is 0 Å². The molecule has 0 saturated carbocycles. The van der Waals surface area contributed by atoms with Gasteiger partial charge in [0.25, 0.3) is 0 Å². The molecule has 0 fully saturated rings. The Morgan fingerprint density at radius 2 is 0.811 bits per heavy atom. The second-order valence-corrected chi connectivity index (χ2v) is 9.60. The average molecular weight is 471 g/mol. The molecule has 6 aromatic carbocycles. The van der Waals surface area contributed by atoms with Crippen molar-refractivity contribution in [1.82, 2.24) is 0 Å². The quantitative estimate of drug-likeness (QED) is 0.241. The molecule has 0 amide bonds. The number of benzene rings is 6. The van der Waals surface area contributed by atoms with Crippen LogP contribution in [-0.4, -0.2) is 0 Å². The van der Waals surface area contributed by atoms with Crippen LogP contribution in [0.2, 0.25) is 0 Å². The summed E-state index contributed by atoms with van der Waals surface area (Å²) in [5, 5.41) is 5.14. The second kappa shape index (κ2) is 9.08. The molecule has 0 aromatic heterocycles. The van der Waals surface area contributed by atoms with Gasteiger partial charge in [-0.2, -0.15) is 0 Å². The summed E-state index contributed by atoms with van der Waals surface area (Å²) < 4.78 is 0. The van der Waals surface area contributed by atoms with E-state index >= 15 is 0 Å². The highest BCUT2D eigenvalue weighted by Crippen LogP contribution is 2.46. The van der Waals surface area contributed by atoms with Crippen LogP contribution >= 0.6 is 0 Å². The lowest BCUT2D eigenvalue weighted by molar-refractivity contribution is 1.44. The van der Waals surface area contributed by atoms with Gasteiger partial charge in [0.1, 0.15) is 0 Å². The maximum Gasteiger partial charge on any atom is -0.00202 e. The molecule has 0 bridgehead atoms. The molecular weight excluding hydrogens is 444 g/mol. The predicted octanol–water partition coefficient (Wildman–Crippen LogP) is 10.4. The van der Waals surface area contributed by atoms with Gasteiger partial charge in [-0.05, 0) is 72.5 Å². The topological polar surface area (TPSA) is 0 Å². The van der Waals surface area contributed by atoms with E-state index in [1.165, 1.54) is 66.1 Å². The molecule has 0 unspecified atom stereocenters. The SMILES string of the molecule is C1=Cc2c(c(-c3ccc(-c4ccccc4)c4ccccc34)c3ccccc3c2-c2ccccc2)C=CC1. The van der Waals surface area contributed by atoms with Gasteiger partial charge in [0, 0.05) is 0 Å². The third-order valence-electron chi connectivity index (χ3n) is 7.48. The van der Waals surface area contributed by atoms with Crippen molar-refractivity contribution in [3.63, 3.8) is 0 Å². The van der Waals surface area contributed by atoms with Gasteiger partial charge in [-0.25, -0.2) is 0 Å². The maximum atomic E-state index is 2.34. The molecule has 0 radical (unpaired) electrons. The zero-order valence-electron chi connectivity index (χ0n) is 20.6. The lowest BCUT2D eigenvalue weighted by atomic mass is 9.82. The smallest absolute Gasteiger partial charge is 0.00202 e. The Bertz CT molecular complexity index is 1820. The predicted molar refractivity (Wildman–Crippen MR) is 160 cm³/mol. The van der Waals surface area contributed by atoms with Crippen LogP contribution in [0.3, 0.4) is 0 Å². The van der Waals surface area contributed by atoms with Gasteiger partial charge in [-0.1, -0.05) is 146 Å². The minimum atomic E-state index is 0.937. The van der Waals surface area contributed by atoms with Crippen molar-refractivity contribution >= 4 is 33.7 Å². The van der Waals surface area contributed by atoms with Crippen LogP contribution in [-0.2, 0) is 0 Å². The van der Waals surface area contributed by atoms with E-state index in [4.69, 9.17) is 0 Å². The van der Waals surface area contributed by atoms with Crippen molar-refractivity contribution in [1.29, 1.82) is 0 Å². The number of allylic oxidation sites excluding steroid dienone is 2. The van der Waals surface area contributed by atoms with E-state index in [2.05, 4.69) is 146 Å². The van der Waals surface area contributed by atoms with Crippen LogP contribution in [0, 0.1) is 0 Å². The van der Waals surface area contributed by atoms with Gasteiger partial charge in [-0.15, -0.1) is 0 Å². The van der Waals surface area contributed by atoms with Crippen LogP contribution in [0.15, 0.2) is 133 Å². The van der Waals surface area contributed by atoms with Crippen molar-refractivity contribution in [2.75, 3.05) is 0 Å². The monoisotopic (exact) mass is 470 g/mol. The van der Waals surface area contributed by atoms with Crippen molar-refractivity contribution in [2.24, 2.45) is 0 Å². The van der Waals surface area contributed by atoms with E-state index in [1.807, 2.05) is 0 Å².